The summed E-state index contributed by atoms with van der Waals surface area (Å²) in [5, 5.41) is 9.98. The minimum absolute atomic E-state index is 0.0679. The van der Waals surface area contributed by atoms with Crippen LogP contribution >= 0.6 is 0 Å². The summed E-state index contributed by atoms with van der Waals surface area (Å²) >= 11 is 0. The van der Waals surface area contributed by atoms with Gasteiger partial charge < -0.3 is 14.7 Å². The van der Waals surface area contributed by atoms with Crippen LogP contribution in [0, 0.1) is 11.3 Å². The van der Waals surface area contributed by atoms with Gasteiger partial charge in [-0.1, -0.05) is 30.3 Å². The highest BCUT2D eigenvalue weighted by Gasteiger charge is 2.48. The number of nitrogens with zero attached hydrogens (tertiary/aromatic N) is 2. The molecule has 3 aliphatic heterocycles. The quantitative estimate of drug-likeness (QED) is 0.863. The number of amides is 1. The molecule has 3 fully saturated rings. The second-order valence-electron chi connectivity index (χ2n) is 8.68. The molecule has 148 valence electrons. The van der Waals surface area contributed by atoms with Crippen LogP contribution in [0.4, 0.5) is 0 Å². The molecule has 3 atom stereocenters. The van der Waals surface area contributed by atoms with E-state index >= 15 is 0 Å². The third-order valence-electron chi connectivity index (χ3n) is 7.02. The second-order valence-corrected chi connectivity index (χ2v) is 8.68. The molecular weight excluding hydrogens is 340 g/mol. The summed E-state index contributed by atoms with van der Waals surface area (Å²) in [5.41, 5.74) is 1.13. The van der Waals surface area contributed by atoms with Crippen LogP contribution in [0.3, 0.4) is 0 Å². The van der Waals surface area contributed by atoms with Crippen LogP contribution in [0.15, 0.2) is 30.3 Å². The summed E-state index contributed by atoms with van der Waals surface area (Å²) in [4.78, 5) is 17.8. The highest BCUT2D eigenvalue weighted by Crippen LogP contribution is 2.45. The van der Waals surface area contributed by atoms with E-state index in [-0.39, 0.29) is 23.8 Å². The second kappa shape index (κ2) is 7.90. The Balaban J connectivity index is 1.48. The molecule has 0 saturated carbocycles. The average Bonchev–Trinajstić information content (AvgIpc) is 3.31. The van der Waals surface area contributed by atoms with Crippen LogP contribution in [0.5, 0.6) is 0 Å². The van der Waals surface area contributed by atoms with Crippen LogP contribution in [0.1, 0.15) is 43.7 Å². The van der Waals surface area contributed by atoms with E-state index in [2.05, 4.69) is 35.2 Å². The fraction of sp³-hybridized carbons (Fsp3) is 0.682. The highest BCUT2D eigenvalue weighted by molar-refractivity contribution is 5.80. The Morgan fingerprint density at radius 2 is 2.04 bits per heavy atom. The van der Waals surface area contributed by atoms with Gasteiger partial charge in [0.25, 0.3) is 0 Å². The van der Waals surface area contributed by atoms with Crippen LogP contribution in [0.25, 0.3) is 0 Å². The van der Waals surface area contributed by atoms with Gasteiger partial charge in [0, 0.05) is 44.3 Å². The molecule has 3 heterocycles. The minimum atomic E-state index is -0.199. The van der Waals surface area contributed by atoms with E-state index in [9.17, 15) is 9.90 Å². The molecule has 5 nitrogen and oxygen atoms in total. The van der Waals surface area contributed by atoms with E-state index in [1.165, 1.54) is 12.0 Å². The van der Waals surface area contributed by atoms with E-state index in [1.807, 2.05) is 11.9 Å². The zero-order valence-electron chi connectivity index (χ0n) is 16.3. The Kier molecular flexibility index (Phi) is 5.53. The number of carbonyl (C=O) groups excluding carboxylic acids is 1. The lowest BCUT2D eigenvalue weighted by Gasteiger charge is -2.39. The Hall–Kier alpha value is -1.43. The van der Waals surface area contributed by atoms with Gasteiger partial charge >= 0.3 is 0 Å². The number of aliphatic hydroxyl groups excluding tert-OH is 1. The fourth-order valence-corrected chi connectivity index (χ4v) is 5.47. The van der Waals surface area contributed by atoms with Crippen molar-refractivity contribution in [3.63, 3.8) is 0 Å². The van der Waals surface area contributed by atoms with E-state index in [1.54, 1.807) is 0 Å². The SMILES string of the molecule is CN(CC1(CO)CCOCC1)C(=O)[C@@H]1C[C@H](c2ccccc2)N2CCC[C@@H]12. The Labute approximate surface area is 162 Å². The molecule has 4 rings (SSSR count). The fourth-order valence-electron chi connectivity index (χ4n) is 5.47. The van der Waals surface area contributed by atoms with Gasteiger partial charge in [-0.15, -0.1) is 0 Å². The number of rotatable bonds is 5. The lowest BCUT2D eigenvalue weighted by Crippen LogP contribution is -2.47. The predicted molar refractivity (Wildman–Crippen MR) is 104 cm³/mol. The maximum Gasteiger partial charge on any atom is 0.227 e. The summed E-state index contributed by atoms with van der Waals surface area (Å²) in [6, 6.07) is 11.4. The third kappa shape index (κ3) is 3.65. The molecule has 0 aromatic heterocycles. The number of hydrogen-bond donors (Lipinski definition) is 1. The van der Waals surface area contributed by atoms with Gasteiger partial charge in [0.15, 0.2) is 0 Å². The Morgan fingerprint density at radius 1 is 1.30 bits per heavy atom. The molecular formula is C22H32N2O3. The molecule has 27 heavy (non-hydrogen) atoms. The van der Waals surface area contributed by atoms with Crippen molar-refractivity contribution in [1.82, 2.24) is 9.80 Å². The monoisotopic (exact) mass is 372 g/mol. The maximum atomic E-state index is 13.4. The number of benzene rings is 1. The molecule has 0 bridgehead atoms. The van der Waals surface area contributed by atoms with Crippen molar-refractivity contribution in [3.8, 4) is 0 Å². The predicted octanol–water partition coefficient (Wildman–Crippen LogP) is 2.46. The summed E-state index contributed by atoms with van der Waals surface area (Å²) in [6.45, 7) is 3.21. The number of carbonyl (C=O) groups is 1. The largest absolute Gasteiger partial charge is 0.396 e. The molecule has 5 heteroatoms. The standard InChI is InChI=1S/C22H32N2O3/c1-23(15-22(16-25)9-12-27-13-10-22)21(26)18-14-20(17-6-3-2-4-7-17)24-11-5-8-19(18)24/h2-4,6-7,18-20,25H,5,8-16H2,1H3/t18-,19+,20-/m1/s1. The lowest BCUT2D eigenvalue weighted by atomic mass is 9.80. The molecule has 0 spiro atoms. The summed E-state index contributed by atoms with van der Waals surface area (Å²) < 4.78 is 5.47. The highest BCUT2D eigenvalue weighted by atomic mass is 16.5. The summed E-state index contributed by atoms with van der Waals surface area (Å²) in [7, 11) is 1.92. The first kappa shape index (κ1) is 18.9. The normalized spacial score (nSPS) is 30.2. The van der Waals surface area contributed by atoms with Crippen molar-refractivity contribution in [2.75, 3.05) is 40.0 Å². The van der Waals surface area contributed by atoms with E-state index < -0.39 is 0 Å². The van der Waals surface area contributed by atoms with Crippen LogP contribution < -0.4 is 0 Å². The zero-order valence-corrected chi connectivity index (χ0v) is 16.3. The van der Waals surface area contributed by atoms with Crippen LogP contribution in [-0.2, 0) is 9.53 Å². The van der Waals surface area contributed by atoms with Crippen LogP contribution in [0.2, 0.25) is 0 Å². The van der Waals surface area contributed by atoms with Gasteiger partial charge in [-0.2, -0.15) is 0 Å². The smallest absolute Gasteiger partial charge is 0.227 e. The molecule has 1 aromatic rings. The van der Waals surface area contributed by atoms with Crippen molar-refractivity contribution >= 4 is 5.91 Å². The molecule has 1 amide bonds. The third-order valence-corrected chi connectivity index (χ3v) is 7.02. The maximum absolute atomic E-state index is 13.4. The van der Waals surface area contributed by atoms with Gasteiger partial charge in [0.1, 0.15) is 0 Å². The first-order valence-electron chi connectivity index (χ1n) is 10.4. The lowest BCUT2D eigenvalue weighted by molar-refractivity contribution is -0.138. The van der Waals surface area contributed by atoms with Crippen molar-refractivity contribution in [3.05, 3.63) is 35.9 Å². The summed E-state index contributed by atoms with van der Waals surface area (Å²) in [6.07, 6.45) is 4.86. The van der Waals surface area contributed by atoms with E-state index in [0.717, 1.165) is 32.2 Å². The number of ether oxygens (including phenoxy) is 1. The van der Waals surface area contributed by atoms with E-state index in [4.69, 9.17) is 4.74 Å². The number of hydrogen-bond acceptors (Lipinski definition) is 4. The van der Waals surface area contributed by atoms with Crippen molar-refractivity contribution in [2.24, 2.45) is 11.3 Å². The molecule has 1 N–H and O–H groups in total. The van der Waals surface area contributed by atoms with Gasteiger partial charge in [-0.05, 0) is 44.2 Å². The first-order chi connectivity index (χ1) is 13.1. The average molecular weight is 373 g/mol. The molecule has 0 unspecified atom stereocenters. The Morgan fingerprint density at radius 3 is 2.74 bits per heavy atom. The number of aliphatic hydroxyl groups is 1. The minimum Gasteiger partial charge on any atom is -0.396 e. The molecule has 3 saturated heterocycles. The summed E-state index contributed by atoms with van der Waals surface area (Å²) in [5.74, 6) is 0.322. The zero-order chi connectivity index (χ0) is 18.9. The van der Waals surface area contributed by atoms with Gasteiger partial charge in [0.2, 0.25) is 5.91 Å². The van der Waals surface area contributed by atoms with Crippen molar-refractivity contribution in [1.29, 1.82) is 0 Å². The van der Waals surface area contributed by atoms with Crippen LogP contribution in [-0.4, -0.2) is 66.8 Å². The molecule has 0 radical (unpaired) electrons. The molecule has 3 aliphatic rings. The van der Waals surface area contributed by atoms with Gasteiger partial charge in [-0.3, -0.25) is 9.69 Å². The Bertz CT molecular complexity index is 644. The molecule has 1 aromatic carbocycles. The first-order valence-corrected chi connectivity index (χ1v) is 10.4. The van der Waals surface area contributed by atoms with Crippen molar-refractivity contribution < 1.29 is 14.6 Å². The number of fused-ring (bicyclic) bond motifs is 1. The van der Waals surface area contributed by atoms with E-state index in [0.29, 0.717) is 31.8 Å². The molecule has 0 aliphatic carbocycles. The topological polar surface area (TPSA) is 53.0 Å². The van der Waals surface area contributed by atoms with Gasteiger partial charge in [-0.25, -0.2) is 0 Å². The van der Waals surface area contributed by atoms with Crippen molar-refractivity contribution in [2.45, 2.75) is 44.2 Å². The van der Waals surface area contributed by atoms with Gasteiger partial charge in [0.05, 0.1) is 12.5 Å².